The van der Waals surface area contributed by atoms with E-state index in [9.17, 15) is 4.39 Å². The van der Waals surface area contributed by atoms with E-state index in [0.29, 0.717) is 0 Å². The second-order valence-corrected chi connectivity index (χ2v) is 6.30. The fraction of sp³-hybridized carbons (Fsp3) is 0.400. The van der Waals surface area contributed by atoms with Gasteiger partial charge in [-0.3, -0.25) is 0 Å². The summed E-state index contributed by atoms with van der Waals surface area (Å²) < 4.78 is 18.7. The number of hydrogen-bond acceptors (Lipinski definition) is 2. The van der Waals surface area contributed by atoms with Crippen molar-refractivity contribution in [3.63, 3.8) is 0 Å². The van der Waals surface area contributed by atoms with Gasteiger partial charge in [-0.25, -0.2) is 4.39 Å². The van der Waals surface area contributed by atoms with Gasteiger partial charge in [-0.2, -0.15) is 12.6 Å². The van der Waals surface area contributed by atoms with Crippen LogP contribution in [0.5, 0.6) is 5.75 Å². The Balaban J connectivity index is 1.83. The minimum absolute atomic E-state index is 0.0568. The largest absolute Gasteiger partial charge is 0.494 e. The lowest BCUT2D eigenvalue weighted by Crippen LogP contribution is -1.98. The Bertz CT molecular complexity index is 565. The van der Waals surface area contributed by atoms with Gasteiger partial charge in [-0.15, -0.1) is 0 Å². The standard InChI is InChI=1S/C20H25FOS/c1-2-3-4-5-6-15-22-19-13-9-17(10-14-19)20(23)16-7-11-18(21)12-8-16/h7-14,20,23H,2-6,15H2,1H3. The fourth-order valence-electron chi connectivity index (χ4n) is 2.48. The molecule has 0 saturated carbocycles. The van der Waals surface area contributed by atoms with Gasteiger partial charge in [0.15, 0.2) is 0 Å². The summed E-state index contributed by atoms with van der Waals surface area (Å²) in [5.74, 6) is 0.667. The Morgan fingerprint density at radius 1 is 0.870 bits per heavy atom. The number of thiol groups is 1. The Morgan fingerprint density at radius 3 is 2.04 bits per heavy atom. The highest BCUT2D eigenvalue weighted by atomic mass is 32.1. The van der Waals surface area contributed by atoms with Gasteiger partial charge in [0.1, 0.15) is 11.6 Å². The molecule has 0 N–H and O–H groups in total. The second-order valence-electron chi connectivity index (χ2n) is 5.79. The van der Waals surface area contributed by atoms with E-state index in [-0.39, 0.29) is 11.1 Å². The Morgan fingerprint density at radius 2 is 1.43 bits per heavy atom. The van der Waals surface area contributed by atoms with Crippen molar-refractivity contribution in [3.05, 3.63) is 65.5 Å². The van der Waals surface area contributed by atoms with Crippen LogP contribution >= 0.6 is 12.6 Å². The summed E-state index contributed by atoms with van der Waals surface area (Å²) in [6.07, 6.45) is 6.20. The number of benzene rings is 2. The zero-order valence-corrected chi connectivity index (χ0v) is 14.6. The number of unbranched alkanes of at least 4 members (excludes halogenated alkanes) is 4. The molecule has 3 heteroatoms. The fourth-order valence-corrected chi connectivity index (χ4v) is 2.82. The topological polar surface area (TPSA) is 9.23 Å². The average molecular weight is 332 g/mol. The monoisotopic (exact) mass is 332 g/mol. The zero-order chi connectivity index (χ0) is 16.5. The van der Waals surface area contributed by atoms with Gasteiger partial charge in [-0.1, -0.05) is 56.9 Å². The van der Waals surface area contributed by atoms with Gasteiger partial charge in [0.25, 0.3) is 0 Å². The number of halogens is 1. The van der Waals surface area contributed by atoms with Crippen molar-refractivity contribution in [2.75, 3.05) is 6.61 Å². The van der Waals surface area contributed by atoms with Crippen LogP contribution in [0.4, 0.5) is 4.39 Å². The molecule has 0 spiro atoms. The molecule has 0 saturated heterocycles. The Hall–Kier alpha value is -1.48. The highest BCUT2D eigenvalue weighted by molar-refractivity contribution is 7.80. The van der Waals surface area contributed by atoms with E-state index in [1.165, 1.54) is 37.8 Å². The first-order valence-electron chi connectivity index (χ1n) is 8.37. The highest BCUT2D eigenvalue weighted by Gasteiger charge is 2.09. The normalized spacial score (nSPS) is 12.1. The third kappa shape index (κ3) is 5.91. The van der Waals surface area contributed by atoms with E-state index in [0.717, 1.165) is 29.9 Å². The molecule has 124 valence electrons. The van der Waals surface area contributed by atoms with Crippen LogP contribution in [0.25, 0.3) is 0 Å². The van der Waals surface area contributed by atoms with Crippen molar-refractivity contribution in [2.45, 2.75) is 44.3 Å². The lowest BCUT2D eigenvalue weighted by molar-refractivity contribution is 0.304. The molecular formula is C20H25FOS. The van der Waals surface area contributed by atoms with Crippen LogP contribution in [0, 0.1) is 5.82 Å². The SMILES string of the molecule is CCCCCCCOc1ccc(C(S)c2ccc(F)cc2)cc1. The number of ether oxygens (including phenoxy) is 1. The minimum Gasteiger partial charge on any atom is -0.494 e. The van der Waals surface area contributed by atoms with Crippen LogP contribution in [0.2, 0.25) is 0 Å². The molecule has 1 atom stereocenters. The Kier molecular flexibility index (Phi) is 7.47. The smallest absolute Gasteiger partial charge is 0.123 e. The van der Waals surface area contributed by atoms with Gasteiger partial charge < -0.3 is 4.74 Å². The maximum Gasteiger partial charge on any atom is 0.123 e. The van der Waals surface area contributed by atoms with Crippen LogP contribution in [0.15, 0.2) is 48.5 Å². The van der Waals surface area contributed by atoms with Crippen LogP contribution in [-0.4, -0.2) is 6.61 Å². The number of rotatable bonds is 9. The van der Waals surface area contributed by atoms with Crippen LogP contribution in [0.1, 0.15) is 55.4 Å². The van der Waals surface area contributed by atoms with Crippen molar-refractivity contribution in [1.29, 1.82) is 0 Å². The molecular weight excluding hydrogens is 307 g/mol. The molecule has 2 rings (SSSR count). The van der Waals surface area contributed by atoms with Gasteiger partial charge in [0.2, 0.25) is 0 Å². The molecule has 2 aromatic carbocycles. The van der Waals surface area contributed by atoms with Crippen molar-refractivity contribution in [1.82, 2.24) is 0 Å². The lowest BCUT2D eigenvalue weighted by atomic mass is 10.0. The van der Waals surface area contributed by atoms with Gasteiger partial charge in [0, 0.05) is 0 Å². The number of hydrogen-bond donors (Lipinski definition) is 1. The van der Waals surface area contributed by atoms with E-state index in [1.807, 2.05) is 24.3 Å². The van der Waals surface area contributed by atoms with Crippen LogP contribution in [0.3, 0.4) is 0 Å². The molecule has 0 aliphatic rings. The Labute approximate surface area is 144 Å². The average Bonchev–Trinajstić information content (AvgIpc) is 2.58. The minimum atomic E-state index is -0.225. The summed E-state index contributed by atoms with van der Waals surface area (Å²) in [5, 5.41) is -0.0568. The van der Waals surface area contributed by atoms with Gasteiger partial charge >= 0.3 is 0 Å². The molecule has 0 amide bonds. The predicted octanol–water partition coefficient (Wildman–Crippen LogP) is 6.19. The van der Waals surface area contributed by atoms with Crippen LogP contribution in [-0.2, 0) is 0 Å². The summed E-state index contributed by atoms with van der Waals surface area (Å²) in [5.41, 5.74) is 2.06. The molecule has 1 unspecified atom stereocenters. The van der Waals surface area contributed by atoms with E-state index < -0.39 is 0 Å². The first kappa shape index (κ1) is 17.9. The summed E-state index contributed by atoms with van der Waals surface area (Å²) in [7, 11) is 0. The summed E-state index contributed by atoms with van der Waals surface area (Å²) in [6.45, 7) is 2.99. The van der Waals surface area contributed by atoms with Crippen molar-refractivity contribution in [2.24, 2.45) is 0 Å². The molecule has 0 heterocycles. The maximum absolute atomic E-state index is 13.0. The quantitative estimate of drug-likeness (QED) is 0.425. The van der Waals surface area contributed by atoms with Gasteiger partial charge in [-0.05, 0) is 41.8 Å². The first-order valence-corrected chi connectivity index (χ1v) is 8.88. The van der Waals surface area contributed by atoms with E-state index >= 15 is 0 Å². The molecule has 0 fully saturated rings. The van der Waals surface area contributed by atoms with E-state index in [2.05, 4.69) is 19.6 Å². The maximum atomic E-state index is 13.0. The van der Waals surface area contributed by atoms with Crippen molar-refractivity contribution < 1.29 is 9.13 Å². The third-order valence-electron chi connectivity index (χ3n) is 3.90. The summed E-state index contributed by atoms with van der Waals surface area (Å²) >= 11 is 4.63. The molecule has 2 aromatic rings. The molecule has 0 radical (unpaired) electrons. The molecule has 0 aliphatic heterocycles. The zero-order valence-electron chi connectivity index (χ0n) is 13.7. The van der Waals surface area contributed by atoms with Gasteiger partial charge in [0.05, 0.1) is 11.9 Å². The summed E-state index contributed by atoms with van der Waals surface area (Å²) in [6, 6.07) is 14.5. The van der Waals surface area contributed by atoms with E-state index in [1.54, 1.807) is 12.1 Å². The first-order chi connectivity index (χ1) is 11.2. The molecule has 1 nitrogen and oxygen atoms in total. The molecule has 0 bridgehead atoms. The third-order valence-corrected chi connectivity index (χ3v) is 4.49. The lowest BCUT2D eigenvalue weighted by Gasteiger charge is -2.13. The summed E-state index contributed by atoms with van der Waals surface area (Å²) in [4.78, 5) is 0. The second kappa shape index (κ2) is 9.61. The highest BCUT2D eigenvalue weighted by Crippen LogP contribution is 2.29. The predicted molar refractivity (Wildman–Crippen MR) is 97.9 cm³/mol. The molecule has 0 aliphatic carbocycles. The molecule has 23 heavy (non-hydrogen) atoms. The van der Waals surface area contributed by atoms with E-state index in [4.69, 9.17) is 4.74 Å². The van der Waals surface area contributed by atoms with Crippen molar-refractivity contribution in [3.8, 4) is 5.75 Å². The van der Waals surface area contributed by atoms with Crippen molar-refractivity contribution >= 4 is 12.6 Å². The van der Waals surface area contributed by atoms with Crippen LogP contribution < -0.4 is 4.74 Å². The molecule has 0 aromatic heterocycles.